The molecule has 3 nitrogen and oxygen atoms in total. The van der Waals surface area contributed by atoms with Crippen LogP contribution >= 0.6 is 23.1 Å². The summed E-state index contributed by atoms with van der Waals surface area (Å²) in [4.78, 5) is 19.1. The molecular formula is C17H20N2OS2Sn. The van der Waals surface area contributed by atoms with Crippen molar-refractivity contribution in [2.75, 3.05) is 13.4 Å². The van der Waals surface area contributed by atoms with E-state index in [0.717, 1.165) is 15.7 Å². The van der Waals surface area contributed by atoms with E-state index in [1.807, 2.05) is 24.6 Å². The van der Waals surface area contributed by atoms with E-state index < -0.39 is 18.4 Å². The fraction of sp³-hybridized carbons (Fsp3) is 0.294. The van der Waals surface area contributed by atoms with Crippen molar-refractivity contribution in [2.24, 2.45) is 0 Å². The monoisotopic (exact) mass is 452 g/mol. The van der Waals surface area contributed by atoms with Gasteiger partial charge in [-0.25, -0.2) is 0 Å². The van der Waals surface area contributed by atoms with Crippen LogP contribution in [-0.4, -0.2) is 41.7 Å². The van der Waals surface area contributed by atoms with Gasteiger partial charge < -0.3 is 0 Å². The number of methoxy groups -OCH3 is 1. The molecule has 0 spiro atoms. The number of fused-ring (bicyclic) bond motifs is 1. The Morgan fingerprint density at radius 2 is 1.83 bits per heavy atom. The molecule has 2 heterocycles. The molecule has 0 fully saturated rings. The van der Waals surface area contributed by atoms with Gasteiger partial charge >= 0.3 is 150 Å². The van der Waals surface area contributed by atoms with Crippen molar-refractivity contribution < 1.29 is 4.74 Å². The van der Waals surface area contributed by atoms with E-state index in [9.17, 15) is 0 Å². The van der Waals surface area contributed by atoms with Gasteiger partial charge in [-0.05, 0) is 0 Å². The van der Waals surface area contributed by atoms with E-state index >= 15 is 0 Å². The number of rotatable bonds is 4. The van der Waals surface area contributed by atoms with Crippen molar-refractivity contribution in [3.8, 4) is 16.2 Å². The molecule has 0 N–H and O–H groups in total. The number of thioether (sulfide) groups is 1. The molecule has 0 saturated carbocycles. The normalized spacial score (nSPS) is 11.9. The van der Waals surface area contributed by atoms with Gasteiger partial charge in [0.2, 0.25) is 0 Å². The SMILES string of the molecule is COc1ccc(-c2sc3nc(SC)ncc3[c]2[Sn]([CH3])([CH3])[CH3])cc1. The zero-order valence-electron chi connectivity index (χ0n) is 14.0. The summed E-state index contributed by atoms with van der Waals surface area (Å²) in [6, 6.07) is 8.35. The Morgan fingerprint density at radius 1 is 1.13 bits per heavy atom. The molecule has 0 aliphatic rings. The zero-order chi connectivity index (χ0) is 16.6. The van der Waals surface area contributed by atoms with Gasteiger partial charge in [-0.1, -0.05) is 0 Å². The summed E-state index contributed by atoms with van der Waals surface area (Å²) >= 11 is 1.06. The molecule has 0 unspecified atom stereocenters. The van der Waals surface area contributed by atoms with Crippen LogP contribution < -0.4 is 8.32 Å². The van der Waals surface area contributed by atoms with E-state index in [2.05, 4.69) is 31.9 Å². The molecule has 3 rings (SSSR count). The summed E-state index contributed by atoms with van der Waals surface area (Å²) in [6.07, 6.45) is 4.04. The number of hydrogen-bond donors (Lipinski definition) is 0. The van der Waals surface area contributed by atoms with Crippen molar-refractivity contribution in [1.82, 2.24) is 9.97 Å². The second-order valence-corrected chi connectivity index (χ2v) is 22.4. The fourth-order valence-corrected chi connectivity index (χ4v) is 12.0. The third kappa shape index (κ3) is 3.37. The molecule has 0 saturated heterocycles. The molecule has 120 valence electrons. The van der Waals surface area contributed by atoms with Gasteiger partial charge in [0.05, 0.1) is 0 Å². The average molecular weight is 451 g/mol. The number of thiophene rings is 1. The van der Waals surface area contributed by atoms with Crippen LogP contribution in [-0.2, 0) is 0 Å². The van der Waals surface area contributed by atoms with Crippen LogP contribution in [0.1, 0.15) is 0 Å². The molecule has 0 atom stereocenters. The molecule has 0 amide bonds. The Kier molecular flexibility index (Phi) is 4.90. The van der Waals surface area contributed by atoms with Crippen molar-refractivity contribution in [2.45, 2.75) is 20.0 Å². The van der Waals surface area contributed by atoms with E-state index in [-0.39, 0.29) is 0 Å². The number of ether oxygens (including phenoxy) is 1. The van der Waals surface area contributed by atoms with E-state index in [1.54, 1.807) is 30.2 Å². The molecular weight excluding hydrogens is 431 g/mol. The molecule has 0 bridgehead atoms. The Bertz CT molecular complexity index is 838. The van der Waals surface area contributed by atoms with Crippen LogP contribution in [0.2, 0.25) is 14.8 Å². The van der Waals surface area contributed by atoms with Gasteiger partial charge in [0, 0.05) is 0 Å². The van der Waals surface area contributed by atoms with Gasteiger partial charge in [0.25, 0.3) is 0 Å². The van der Waals surface area contributed by atoms with Crippen molar-refractivity contribution in [3.05, 3.63) is 30.5 Å². The van der Waals surface area contributed by atoms with Crippen LogP contribution in [0.4, 0.5) is 0 Å². The van der Waals surface area contributed by atoms with E-state index in [4.69, 9.17) is 9.72 Å². The summed E-state index contributed by atoms with van der Waals surface area (Å²) in [6.45, 7) is 0. The number of nitrogens with zero attached hydrogens (tertiary/aromatic N) is 2. The van der Waals surface area contributed by atoms with Crippen LogP contribution in [0.3, 0.4) is 0 Å². The predicted molar refractivity (Wildman–Crippen MR) is 104 cm³/mol. The minimum absolute atomic E-state index is 0.843. The first-order chi connectivity index (χ1) is 10.9. The molecule has 6 heteroatoms. The van der Waals surface area contributed by atoms with Gasteiger partial charge in [-0.15, -0.1) is 0 Å². The third-order valence-electron chi connectivity index (χ3n) is 3.71. The summed E-state index contributed by atoms with van der Waals surface area (Å²) < 4.78 is 6.81. The molecule has 0 radical (unpaired) electrons. The molecule has 3 aromatic rings. The van der Waals surface area contributed by atoms with Crippen molar-refractivity contribution in [1.29, 1.82) is 0 Å². The van der Waals surface area contributed by atoms with Gasteiger partial charge in [0.15, 0.2) is 0 Å². The molecule has 2 aromatic heterocycles. The fourth-order valence-electron chi connectivity index (χ4n) is 2.66. The standard InChI is InChI=1S/C14H11N2OS2.3CH3.Sn/c1-17-11-5-3-9(4-6-11)12-7-10-8-15-14(18-2)16-13(10)19-12;;;;/h3-6,8H,1-2H3;3*1H3;. The maximum absolute atomic E-state index is 5.28. The Balaban J connectivity index is 2.25. The number of benzene rings is 1. The zero-order valence-corrected chi connectivity index (χ0v) is 18.5. The Hall–Kier alpha value is -0.791. The first kappa shape index (κ1) is 17.0. The first-order valence-electron chi connectivity index (χ1n) is 7.42. The topological polar surface area (TPSA) is 35.0 Å². The maximum atomic E-state index is 5.28. The Morgan fingerprint density at radius 3 is 2.39 bits per heavy atom. The second-order valence-electron chi connectivity index (χ2n) is 6.36. The van der Waals surface area contributed by atoms with E-state index in [0.29, 0.717) is 0 Å². The summed E-state index contributed by atoms with van der Waals surface area (Å²) in [5.41, 5.74) is 1.25. The number of aromatic nitrogens is 2. The molecule has 1 aromatic carbocycles. The second kappa shape index (κ2) is 6.61. The van der Waals surface area contributed by atoms with Crippen molar-refractivity contribution in [3.63, 3.8) is 0 Å². The first-order valence-corrected chi connectivity index (χ1v) is 19.5. The minimum atomic E-state index is -2.33. The molecule has 0 aliphatic heterocycles. The summed E-state index contributed by atoms with van der Waals surface area (Å²) in [7, 11) is 1.70. The quantitative estimate of drug-likeness (QED) is 0.329. The number of hydrogen-bond acceptors (Lipinski definition) is 5. The summed E-state index contributed by atoms with van der Waals surface area (Å²) in [5, 5.41) is 2.10. The van der Waals surface area contributed by atoms with Crippen LogP contribution in [0, 0.1) is 0 Å². The van der Waals surface area contributed by atoms with Crippen LogP contribution in [0.15, 0.2) is 35.6 Å². The summed E-state index contributed by atoms with van der Waals surface area (Å²) in [5.74, 6) is 0.889. The molecule has 23 heavy (non-hydrogen) atoms. The predicted octanol–water partition coefficient (Wildman–Crippen LogP) is 4.63. The average Bonchev–Trinajstić information content (AvgIpc) is 2.93. The Labute approximate surface area is 149 Å². The van der Waals surface area contributed by atoms with E-state index in [1.165, 1.54) is 19.4 Å². The van der Waals surface area contributed by atoms with Gasteiger partial charge in [-0.3, -0.25) is 0 Å². The van der Waals surface area contributed by atoms with Crippen LogP contribution in [0.5, 0.6) is 5.75 Å². The van der Waals surface area contributed by atoms with Gasteiger partial charge in [0.1, 0.15) is 0 Å². The molecule has 0 aliphatic carbocycles. The third-order valence-corrected chi connectivity index (χ3v) is 11.7. The van der Waals surface area contributed by atoms with Gasteiger partial charge in [-0.2, -0.15) is 0 Å². The van der Waals surface area contributed by atoms with Crippen LogP contribution in [0.25, 0.3) is 20.7 Å². The van der Waals surface area contributed by atoms with Crippen molar-refractivity contribution >= 4 is 55.3 Å².